The van der Waals surface area contributed by atoms with E-state index in [0.717, 1.165) is 21.2 Å². The van der Waals surface area contributed by atoms with Gasteiger partial charge < -0.3 is 5.32 Å². The Hall–Kier alpha value is -0.580. The third kappa shape index (κ3) is 2.41. The van der Waals surface area contributed by atoms with Gasteiger partial charge in [0.15, 0.2) is 0 Å². The number of halogens is 1. The SMILES string of the molecule is Cc1cccc(C(=O)NCC2C(C)(C)C2(C)C)c1I. The van der Waals surface area contributed by atoms with E-state index < -0.39 is 0 Å². The van der Waals surface area contributed by atoms with Crippen molar-refractivity contribution in [1.29, 1.82) is 0 Å². The predicted molar refractivity (Wildman–Crippen MR) is 87.3 cm³/mol. The van der Waals surface area contributed by atoms with Crippen LogP contribution in [0.25, 0.3) is 0 Å². The Morgan fingerprint density at radius 2 is 1.84 bits per heavy atom. The van der Waals surface area contributed by atoms with Crippen LogP contribution in [0.4, 0.5) is 0 Å². The minimum absolute atomic E-state index is 0.0478. The first-order valence-corrected chi connectivity index (χ1v) is 7.81. The Bertz CT molecular complexity index is 505. The van der Waals surface area contributed by atoms with Crippen molar-refractivity contribution >= 4 is 28.5 Å². The van der Waals surface area contributed by atoms with Crippen molar-refractivity contribution in [3.8, 4) is 0 Å². The first kappa shape index (κ1) is 14.8. The van der Waals surface area contributed by atoms with Gasteiger partial charge in [-0.1, -0.05) is 39.8 Å². The number of aryl methyl sites for hydroxylation is 1. The smallest absolute Gasteiger partial charge is 0.252 e. The summed E-state index contributed by atoms with van der Waals surface area (Å²) < 4.78 is 1.05. The molecule has 0 aromatic heterocycles. The van der Waals surface area contributed by atoms with Crippen LogP contribution in [0.3, 0.4) is 0 Å². The fourth-order valence-corrected chi connectivity index (χ4v) is 3.56. The van der Waals surface area contributed by atoms with Crippen LogP contribution in [0.2, 0.25) is 0 Å². The fraction of sp³-hybridized carbons (Fsp3) is 0.562. The van der Waals surface area contributed by atoms with Crippen molar-refractivity contribution < 1.29 is 4.79 Å². The molecule has 0 saturated heterocycles. The number of nitrogens with one attached hydrogen (secondary N) is 1. The van der Waals surface area contributed by atoms with Gasteiger partial charge in [0.05, 0.1) is 5.56 Å². The molecule has 0 atom stereocenters. The van der Waals surface area contributed by atoms with Gasteiger partial charge >= 0.3 is 0 Å². The molecule has 0 unspecified atom stereocenters. The second-order valence-corrected chi connectivity index (χ2v) is 7.72. The van der Waals surface area contributed by atoms with Crippen molar-refractivity contribution in [2.75, 3.05) is 6.54 Å². The summed E-state index contributed by atoms with van der Waals surface area (Å²) in [5.74, 6) is 0.609. The Morgan fingerprint density at radius 1 is 1.26 bits per heavy atom. The van der Waals surface area contributed by atoms with E-state index in [1.165, 1.54) is 0 Å². The summed E-state index contributed by atoms with van der Waals surface area (Å²) in [5.41, 5.74) is 2.58. The lowest BCUT2D eigenvalue weighted by molar-refractivity contribution is 0.0949. The van der Waals surface area contributed by atoms with Crippen LogP contribution in [0, 0.1) is 27.2 Å². The first-order chi connectivity index (χ1) is 8.69. The number of amides is 1. The third-order valence-corrected chi connectivity index (χ3v) is 6.65. The highest BCUT2D eigenvalue weighted by Gasteiger charge is 2.64. The Labute approximate surface area is 129 Å². The second kappa shape index (κ2) is 4.76. The largest absolute Gasteiger partial charge is 0.352 e. The van der Waals surface area contributed by atoms with Crippen LogP contribution in [-0.2, 0) is 0 Å². The lowest BCUT2D eigenvalue weighted by Gasteiger charge is -2.09. The van der Waals surface area contributed by atoms with E-state index in [2.05, 4.69) is 55.6 Å². The highest BCUT2D eigenvalue weighted by Crippen LogP contribution is 2.67. The molecule has 3 heteroatoms. The van der Waals surface area contributed by atoms with Gasteiger partial charge in [-0.2, -0.15) is 0 Å². The number of carbonyl (C=O) groups excluding carboxylic acids is 1. The molecule has 1 aromatic rings. The molecule has 2 rings (SSSR count). The van der Waals surface area contributed by atoms with Crippen molar-refractivity contribution in [2.24, 2.45) is 16.7 Å². The molecule has 1 aromatic carbocycles. The van der Waals surface area contributed by atoms with Crippen LogP contribution >= 0.6 is 22.6 Å². The monoisotopic (exact) mass is 371 g/mol. The van der Waals surface area contributed by atoms with Crippen LogP contribution in [0.1, 0.15) is 43.6 Å². The van der Waals surface area contributed by atoms with Gasteiger partial charge in [0.1, 0.15) is 0 Å². The maximum absolute atomic E-state index is 12.3. The van der Waals surface area contributed by atoms with Gasteiger partial charge in [-0.15, -0.1) is 0 Å². The molecule has 19 heavy (non-hydrogen) atoms. The lowest BCUT2D eigenvalue weighted by Crippen LogP contribution is -2.27. The zero-order valence-corrected chi connectivity index (χ0v) is 14.5. The summed E-state index contributed by atoms with van der Waals surface area (Å²) in [6, 6.07) is 5.87. The van der Waals surface area contributed by atoms with E-state index in [1.54, 1.807) is 0 Å². The number of benzene rings is 1. The fourth-order valence-electron chi connectivity index (χ4n) is 2.96. The maximum atomic E-state index is 12.3. The standard InChI is InChI=1S/C16H22INO/c1-10-7-6-8-11(13(10)17)14(19)18-9-12-15(2,3)16(12,4)5/h6-8,12H,9H2,1-5H3,(H,18,19). The van der Waals surface area contributed by atoms with Crippen molar-refractivity contribution in [2.45, 2.75) is 34.6 Å². The number of hydrogen-bond donors (Lipinski definition) is 1. The molecular formula is C16H22INO. The average molecular weight is 371 g/mol. The summed E-state index contributed by atoms with van der Waals surface area (Å²) >= 11 is 2.25. The summed E-state index contributed by atoms with van der Waals surface area (Å²) in [6.45, 7) is 11.9. The molecule has 1 aliphatic carbocycles. The normalized spacial score (nSPS) is 20.1. The van der Waals surface area contributed by atoms with Crippen molar-refractivity contribution in [3.05, 3.63) is 32.9 Å². The molecule has 0 radical (unpaired) electrons. The number of carbonyl (C=O) groups is 1. The van der Waals surface area contributed by atoms with Crippen molar-refractivity contribution in [1.82, 2.24) is 5.32 Å². The van der Waals surface area contributed by atoms with Crippen LogP contribution in [0.15, 0.2) is 18.2 Å². The van der Waals surface area contributed by atoms with Crippen molar-refractivity contribution in [3.63, 3.8) is 0 Å². The van der Waals surface area contributed by atoms with E-state index >= 15 is 0 Å². The third-order valence-electron chi connectivity index (χ3n) is 5.22. The number of rotatable bonds is 3. The van der Waals surface area contributed by atoms with Crippen LogP contribution in [0.5, 0.6) is 0 Å². The Balaban J connectivity index is 2.02. The zero-order valence-electron chi connectivity index (χ0n) is 12.3. The second-order valence-electron chi connectivity index (χ2n) is 6.64. The van der Waals surface area contributed by atoms with Gasteiger partial charge in [-0.25, -0.2) is 0 Å². The molecule has 1 fully saturated rings. The highest BCUT2D eigenvalue weighted by atomic mass is 127. The molecule has 104 valence electrons. The summed E-state index contributed by atoms with van der Waals surface area (Å²) in [7, 11) is 0. The topological polar surface area (TPSA) is 29.1 Å². The molecule has 2 nitrogen and oxygen atoms in total. The summed E-state index contributed by atoms with van der Waals surface area (Å²) in [5, 5.41) is 3.10. The molecule has 1 N–H and O–H groups in total. The average Bonchev–Trinajstić information content (AvgIpc) is 2.70. The van der Waals surface area contributed by atoms with E-state index in [0.29, 0.717) is 16.7 Å². The van der Waals surface area contributed by atoms with Crippen LogP contribution in [-0.4, -0.2) is 12.5 Å². The van der Waals surface area contributed by atoms with E-state index in [1.807, 2.05) is 25.1 Å². The Kier molecular flexibility index (Phi) is 3.71. The lowest BCUT2D eigenvalue weighted by atomic mass is 10.0. The first-order valence-electron chi connectivity index (χ1n) is 6.73. The molecular weight excluding hydrogens is 349 g/mol. The zero-order chi connectivity index (χ0) is 14.4. The predicted octanol–water partition coefficient (Wildman–Crippen LogP) is 4.01. The maximum Gasteiger partial charge on any atom is 0.252 e. The molecule has 1 saturated carbocycles. The molecule has 0 spiro atoms. The molecule has 1 amide bonds. The van der Waals surface area contributed by atoms with Gasteiger partial charge in [0.25, 0.3) is 5.91 Å². The van der Waals surface area contributed by atoms with E-state index in [4.69, 9.17) is 0 Å². The summed E-state index contributed by atoms with van der Waals surface area (Å²) in [4.78, 5) is 12.3. The molecule has 0 aliphatic heterocycles. The quantitative estimate of drug-likeness (QED) is 0.800. The van der Waals surface area contributed by atoms with Gasteiger partial charge in [-0.05, 0) is 57.9 Å². The Morgan fingerprint density at radius 3 is 2.37 bits per heavy atom. The molecule has 0 bridgehead atoms. The number of hydrogen-bond acceptors (Lipinski definition) is 1. The van der Waals surface area contributed by atoms with Gasteiger partial charge in [0.2, 0.25) is 0 Å². The van der Waals surface area contributed by atoms with E-state index in [-0.39, 0.29) is 5.91 Å². The summed E-state index contributed by atoms with van der Waals surface area (Å²) in [6.07, 6.45) is 0. The minimum Gasteiger partial charge on any atom is -0.352 e. The van der Waals surface area contributed by atoms with E-state index in [9.17, 15) is 4.79 Å². The minimum atomic E-state index is 0.0478. The molecule has 1 aliphatic rings. The highest BCUT2D eigenvalue weighted by molar-refractivity contribution is 14.1. The van der Waals surface area contributed by atoms with Crippen LogP contribution < -0.4 is 5.32 Å². The van der Waals surface area contributed by atoms with Gasteiger partial charge in [-0.3, -0.25) is 4.79 Å². The van der Waals surface area contributed by atoms with Gasteiger partial charge in [0, 0.05) is 10.1 Å². The molecule has 0 heterocycles.